The van der Waals surface area contributed by atoms with E-state index in [4.69, 9.17) is 30.3 Å². The Hall–Kier alpha value is -2.51. The van der Waals surface area contributed by atoms with Gasteiger partial charge in [0.05, 0.1) is 13.7 Å². The number of methoxy groups -OCH3 is 2. The summed E-state index contributed by atoms with van der Waals surface area (Å²) in [6, 6.07) is 11.0. The number of benzene rings is 1. The molecule has 7 nitrogen and oxygen atoms in total. The third-order valence-electron chi connectivity index (χ3n) is 4.14. The number of hydrogen-bond donors (Lipinski definition) is 0. The average Bonchev–Trinajstić information content (AvgIpc) is 3.30. The first-order chi connectivity index (χ1) is 13.1. The third-order valence-corrected chi connectivity index (χ3v) is 4.35. The summed E-state index contributed by atoms with van der Waals surface area (Å²) in [5, 5.41) is 4.37. The molecule has 1 aromatic heterocycles. The Morgan fingerprint density at radius 3 is 2.89 bits per heavy atom. The van der Waals surface area contributed by atoms with Crippen LogP contribution in [0, 0.1) is 0 Å². The summed E-state index contributed by atoms with van der Waals surface area (Å²) < 4.78 is 15.6. The first-order valence-corrected chi connectivity index (χ1v) is 8.85. The first kappa shape index (κ1) is 19.3. The molecule has 0 unspecified atom stereocenters. The van der Waals surface area contributed by atoms with E-state index in [2.05, 4.69) is 5.16 Å². The molecule has 2 heterocycles. The molecule has 0 N–H and O–H groups in total. The van der Waals surface area contributed by atoms with Crippen LogP contribution >= 0.6 is 11.6 Å². The van der Waals surface area contributed by atoms with Gasteiger partial charge in [0.15, 0.2) is 17.1 Å². The maximum Gasteiger partial charge on any atom is 0.248 e. The summed E-state index contributed by atoms with van der Waals surface area (Å²) in [4.78, 5) is 19.7. The van der Waals surface area contributed by atoms with Crippen molar-refractivity contribution in [1.29, 1.82) is 0 Å². The largest absolute Gasteiger partial charge is 0.497 e. The van der Waals surface area contributed by atoms with E-state index in [1.165, 1.54) is 7.11 Å². The molecular weight excluding hydrogens is 372 g/mol. The molecule has 0 radical (unpaired) electrons. The summed E-state index contributed by atoms with van der Waals surface area (Å²) in [5.41, 5.74) is 1.63. The van der Waals surface area contributed by atoms with Gasteiger partial charge in [-0.1, -0.05) is 17.3 Å². The van der Waals surface area contributed by atoms with Crippen LogP contribution in [0.5, 0.6) is 5.75 Å². The fourth-order valence-corrected chi connectivity index (χ4v) is 2.99. The van der Waals surface area contributed by atoms with Crippen LogP contribution in [-0.4, -0.2) is 50.0 Å². The number of hydrogen-bond acceptors (Lipinski definition) is 6. The van der Waals surface area contributed by atoms with Gasteiger partial charge in [0, 0.05) is 20.1 Å². The number of furan rings is 1. The Bertz CT molecular complexity index is 820. The van der Waals surface area contributed by atoms with Crippen LogP contribution in [-0.2, 0) is 20.9 Å². The Kier molecular flexibility index (Phi) is 6.36. The van der Waals surface area contributed by atoms with Gasteiger partial charge in [-0.2, -0.15) is 0 Å². The van der Waals surface area contributed by atoms with Gasteiger partial charge in [-0.15, -0.1) is 0 Å². The van der Waals surface area contributed by atoms with Crippen LogP contribution < -0.4 is 4.74 Å². The molecule has 0 fully saturated rings. The third kappa shape index (κ3) is 5.02. The van der Waals surface area contributed by atoms with Gasteiger partial charge >= 0.3 is 0 Å². The Morgan fingerprint density at radius 1 is 1.33 bits per heavy atom. The minimum absolute atomic E-state index is 0.00179. The van der Waals surface area contributed by atoms with Crippen molar-refractivity contribution >= 4 is 23.2 Å². The van der Waals surface area contributed by atoms with Crippen LogP contribution in [0.3, 0.4) is 0 Å². The standard InChI is InChI=1S/C19H21ClN2O5/c1-24-12-19(23)22(10-13-4-3-5-14(8-13)25-2)11-15-9-16(21-27-15)17-6-7-18(20)26-17/h3-8,15H,9-12H2,1-2H3/t15-/m1/s1. The second kappa shape index (κ2) is 8.92. The van der Waals surface area contributed by atoms with Gasteiger partial charge < -0.3 is 23.6 Å². The zero-order chi connectivity index (χ0) is 19.2. The molecule has 27 heavy (non-hydrogen) atoms. The Labute approximate surface area is 162 Å². The average molecular weight is 393 g/mol. The van der Waals surface area contributed by atoms with Gasteiger partial charge in [-0.3, -0.25) is 4.79 Å². The van der Waals surface area contributed by atoms with Crippen LogP contribution in [0.1, 0.15) is 17.7 Å². The van der Waals surface area contributed by atoms with Crippen LogP contribution in [0.2, 0.25) is 5.22 Å². The molecule has 0 bridgehead atoms. The Morgan fingerprint density at radius 2 is 2.19 bits per heavy atom. The molecule has 0 saturated carbocycles. The smallest absolute Gasteiger partial charge is 0.248 e. The fourth-order valence-electron chi connectivity index (χ4n) is 2.85. The van der Waals surface area contributed by atoms with Gasteiger partial charge in [0.1, 0.15) is 18.1 Å². The van der Waals surface area contributed by atoms with Crippen molar-refractivity contribution in [2.75, 3.05) is 27.4 Å². The summed E-state index contributed by atoms with van der Waals surface area (Å²) in [6.45, 7) is 0.792. The van der Waals surface area contributed by atoms with Crippen LogP contribution in [0.4, 0.5) is 0 Å². The number of halogens is 1. The summed E-state index contributed by atoms with van der Waals surface area (Å²) in [7, 11) is 3.11. The molecule has 1 amide bonds. The predicted octanol–water partition coefficient (Wildman–Crippen LogP) is 3.11. The SMILES string of the molecule is COCC(=O)N(Cc1cccc(OC)c1)C[C@H]1CC(c2ccc(Cl)o2)=NO1. The molecule has 1 atom stereocenters. The minimum atomic E-state index is -0.268. The first-order valence-electron chi connectivity index (χ1n) is 8.47. The highest BCUT2D eigenvalue weighted by Gasteiger charge is 2.28. The van der Waals surface area contributed by atoms with Crippen molar-refractivity contribution in [3.8, 4) is 5.75 Å². The van der Waals surface area contributed by atoms with Crippen LogP contribution in [0.15, 0.2) is 46.0 Å². The maximum atomic E-state index is 12.5. The van der Waals surface area contributed by atoms with Gasteiger partial charge in [-0.05, 0) is 41.4 Å². The second-order valence-corrected chi connectivity index (χ2v) is 6.50. The van der Waals surface area contributed by atoms with Crippen molar-refractivity contribution in [2.45, 2.75) is 19.1 Å². The van der Waals surface area contributed by atoms with Crippen molar-refractivity contribution in [3.05, 3.63) is 52.9 Å². The number of carbonyl (C=O) groups is 1. The van der Waals surface area contributed by atoms with E-state index in [0.717, 1.165) is 11.3 Å². The zero-order valence-corrected chi connectivity index (χ0v) is 15.9. The molecule has 1 aromatic carbocycles. The number of nitrogens with zero attached hydrogens (tertiary/aromatic N) is 2. The van der Waals surface area contributed by atoms with E-state index < -0.39 is 0 Å². The normalized spacial score (nSPS) is 16.0. The molecule has 1 aliphatic rings. The molecule has 8 heteroatoms. The van der Waals surface area contributed by atoms with E-state index in [9.17, 15) is 4.79 Å². The number of ether oxygens (including phenoxy) is 2. The summed E-state index contributed by atoms with van der Waals surface area (Å²) in [6.07, 6.45) is 0.258. The molecule has 2 aromatic rings. The highest BCUT2D eigenvalue weighted by molar-refractivity contribution is 6.29. The quantitative estimate of drug-likeness (QED) is 0.690. The molecule has 0 spiro atoms. The second-order valence-electron chi connectivity index (χ2n) is 6.13. The van der Waals surface area contributed by atoms with E-state index >= 15 is 0 Å². The lowest BCUT2D eigenvalue weighted by Crippen LogP contribution is -2.39. The zero-order valence-electron chi connectivity index (χ0n) is 15.2. The van der Waals surface area contributed by atoms with Crippen molar-refractivity contribution in [2.24, 2.45) is 5.16 Å². The van der Waals surface area contributed by atoms with Gasteiger partial charge in [-0.25, -0.2) is 0 Å². The van der Waals surface area contributed by atoms with E-state index in [-0.39, 0.29) is 18.6 Å². The monoisotopic (exact) mass is 392 g/mol. The number of amides is 1. The predicted molar refractivity (Wildman–Crippen MR) is 100 cm³/mol. The fraction of sp³-hybridized carbons (Fsp3) is 0.368. The van der Waals surface area contributed by atoms with Gasteiger partial charge in [0.2, 0.25) is 5.91 Å². The molecule has 3 rings (SSSR count). The lowest BCUT2D eigenvalue weighted by Gasteiger charge is -2.25. The van der Waals surface area contributed by atoms with E-state index in [1.54, 1.807) is 24.1 Å². The minimum Gasteiger partial charge on any atom is -0.497 e. The number of rotatable bonds is 8. The van der Waals surface area contributed by atoms with E-state index in [1.807, 2.05) is 24.3 Å². The summed E-state index contributed by atoms with van der Waals surface area (Å²) >= 11 is 5.81. The summed E-state index contributed by atoms with van der Waals surface area (Å²) in [5.74, 6) is 1.19. The highest BCUT2D eigenvalue weighted by atomic mass is 35.5. The van der Waals surface area contributed by atoms with Crippen molar-refractivity contribution < 1.29 is 23.5 Å². The molecule has 1 aliphatic heterocycles. The van der Waals surface area contributed by atoms with Gasteiger partial charge in [0.25, 0.3) is 0 Å². The molecule has 0 saturated heterocycles. The highest BCUT2D eigenvalue weighted by Crippen LogP contribution is 2.22. The van der Waals surface area contributed by atoms with E-state index in [0.29, 0.717) is 36.2 Å². The molecule has 0 aliphatic carbocycles. The lowest BCUT2D eigenvalue weighted by molar-refractivity contribution is -0.137. The van der Waals surface area contributed by atoms with Crippen molar-refractivity contribution in [1.82, 2.24) is 4.90 Å². The maximum absolute atomic E-state index is 12.5. The van der Waals surface area contributed by atoms with Crippen LogP contribution in [0.25, 0.3) is 0 Å². The lowest BCUT2D eigenvalue weighted by atomic mass is 10.1. The number of carbonyl (C=O) groups excluding carboxylic acids is 1. The molecular formula is C19H21ClN2O5. The topological polar surface area (TPSA) is 73.5 Å². The number of oxime groups is 1. The Balaban J connectivity index is 1.66. The molecule has 144 valence electrons. The van der Waals surface area contributed by atoms with Crippen molar-refractivity contribution in [3.63, 3.8) is 0 Å².